The molecule has 1 amide bonds. The fourth-order valence-corrected chi connectivity index (χ4v) is 3.97. The second kappa shape index (κ2) is 4.84. The molecule has 2 rings (SSSR count). The van der Waals surface area contributed by atoms with E-state index in [1.54, 1.807) is 0 Å². The Hall–Kier alpha value is -0.570. The molecule has 2 saturated carbocycles. The average molecular weight is 252 g/mol. The Morgan fingerprint density at radius 3 is 2.33 bits per heavy atom. The maximum Gasteiger partial charge on any atom is 0.238 e. The summed E-state index contributed by atoms with van der Waals surface area (Å²) < 4.78 is 0. The van der Waals surface area contributed by atoms with Gasteiger partial charge in [0.25, 0.3) is 0 Å². The van der Waals surface area contributed by atoms with Crippen LogP contribution in [0.15, 0.2) is 0 Å². The minimum Gasteiger partial charge on any atom is -0.368 e. The Morgan fingerprint density at radius 1 is 1.22 bits per heavy atom. The minimum atomic E-state index is -0.454. The van der Waals surface area contributed by atoms with Gasteiger partial charge in [0.05, 0.1) is 0 Å². The highest BCUT2D eigenvalue weighted by atomic mass is 16.1. The van der Waals surface area contributed by atoms with Gasteiger partial charge in [0.15, 0.2) is 0 Å². The summed E-state index contributed by atoms with van der Waals surface area (Å²) in [6.07, 6.45) is 8.03. The van der Waals surface area contributed by atoms with E-state index in [-0.39, 0.29) is 5.91 Å². The van der Waals surface area contributed by atoms with E-state index in [1.165, 1.54) is 25.7 Å². The molecule has 0 bridgehead atoms. The number of primary amides is 1. The van der Waals surface area contributed by atoms with Gasteiger partial charge in [0, 0.05) is 6.04 Å². The normalized spacial score (nSPS) is 36.7. The number of carbonyl (C=O) groups is 1. The van der Waals surface area contributed by atoms with Gasteiger partial charge >= 0.3 is 0 Å². The number of nitrogens with two attached hydrogens (primary N) is 1. The number of carbonyl (C=O) groups excluding carboxylic acids is 1. The lowest BCUT2D eigenvalue weighted by atomic mass is 9.63. The van der Waals surface area contributed by atoms with E-state index in [0.29, 0.717) is 17.4 Å². The highest BCUT2D eigenvalue weighted by molar-refractivity contribution is 5.85. The van der Waals surface area contributed by atoms with Gasteiger partial charge in [-0.2, -0.15) is 0 Å². The van der Waals surface area contributed by atoms with E-state index in [0.717, 1.165) is 19.3 Å². The molecular formula is C15H28N2O. The molecular weight excluding hydrogens is 224 g/mol. The van der Waals surface area contributed by atoms with Crippen LogP contribution in [0, 0.1) is 11.3 Å². The first-order chi connectivity index (χ1) is 8.36. The van der Waals surface area contributed by atoms with Crippen LogP contribution in [-0.2, 0) is 4.79 Å². The van der Waals surface area contributed by atoms with E-state index < -0.39 is 5.54 Å². The zero-order chi connectivity index (χ0) is 13.4. The van der Waals surface area contributed by atoms with Crippen molar-refractivity contribution < 1.29 is 4.79 Å². The number of rotatable bonds is 3. The van der Waals surface area contributed by atoms with Crippen molar-refractivity contribution in [2.24, 2.45) is 17.1 Å². The molecule has 0 aromatic rings. The van der Waals surface area contributed by atoms with Crippen molar-refractivity contribution in [3.8, 4) is 0 Å². The molecule has 2 fully saturated rings. The topological polar surface area (TPSA) is 55.1 Å². The van der Waals surface area contributed by atoms with Crippen LogP contribution in [0.2, 0.25) is 0 Å². The van der Waals surface area contributed by atoms with Crippen molar-refractivity contribution in [1.82, 2.24) is 5.32 Å². The molecule has 0 radical (unpaired) electrons. The zero-order valence-electron chi connectivity index (χ0n) is 12.1. The molecule has 0 heterocycles. The lowest BCUT2D eigenvalue weighted by Gasteiger charge is -2.48. The third kappa shape index (κ3) is 2.56. The molecule has 18 heavy (non-hydrogen) atoms. The molecule has 0 aromatic carbocycles. The van der Waals surface area contributed by atoms with E-state index in [9.17, 15) is 4.79 Å². The van der Waals surface area contributed by atoms with E-state index in [2.05, 4.69) is 26.1 Å². The van der Waals surface area contributed by atoms with Crippen LogP contribution in [0.3, 0.4) is 0 Å². The molecule has 0 saturated heterocycles. The van der Waals surface area contributed by atoms with Crippen LogP contribution < -0.4 is 11.1 Å². The van der Waals surface area contributed by atoms with Crippen LogP contribution in [0.5, 0.6) is 0 Å². The van der Waals surface area contributed by atoms with Crippen molar-refractivity contribution in [2.75, 3.05) is 0 Å². The lowest BCUT2D eigenvalue weighted by molar-refractivity contribution is -0.130. The molecule has 3 N–H and O–H groups in total. The summed E-state index contributed by atoms with van der Waals surface area (Å²) in [7, 11) is 0. The SMILES string of the molecule is CC1CC(C)(C)CCC1(NC1CCCC1)C(N)=O. The minimum absolute atomic E-state index is 0.141. The first-order valence-electron chi connectivity index (χ1n) is 7.43. The van der Waals surface area contributed by atoms with Crippen molar-refractivity contribution in [3.63, 3.8) is 0 Å². The van der Waals surface area contributed by atoms with E-state index in [1.807, 2.05) is 0 Å². The Morgan fingerprint density at radius 2 is 1.83 bits per heavy atom. The molecule has 3 heteroatoms. The van der Waals surface area contributed by atoms with Gasteiger partial charge in [-0.1, -0.05) is 33.6 Å². The van der Waals surface area contributed by atoms with Gasteiger partial charge in [-0.05, 0) is 43.4 Å². The Kier molecular flexibility index (Phi) is 3.72. The van der Waals surface area contributed by atoms with Gasteiger partial charge in [-0.15, -0.1) is 0 Å². The van der Waals surface area contributed by atoms with Gasteiger partial charge in [-0.25, -0.2) is 0 Å². The number of hydrogen-bond donors (Lipinski definition) is 2. The van der Waals surface area contributed by atoms with E-state index >= 15 is 0 Å². The summed E-state index contributed by atoms with van der Waals surface area (Å²) in [5, 5.41) is 3.64. The van der Waals surface area contributed by atoms with Crippen LogP contribution in [0.25, 0.3) is 0 Å². The molecule has 0 aliphatic heterocycles. The van der Waals surface area contributed by atoms with Crippen molar-refractivity contribution in [3.05, 3.63) is 0 Å². The summed E-state index contributed by atoms with van der Waals surface area (Å²) in [4.78, 5) is 12.0. The maximum absolute atomic E-state index is 12.0. The van der Waals surface area contributed by atoms with Gasteiger partial charge in [0.2, 0.25) is 5.91 Å². The lowest BCUT2D eigenvalue weighted by Crippen LogP contribution is -2.64. The Bertz CT molecular complexity index is 320. The summed E-state index contributed by atoms with van der Waals surface area (Å²) >= 11 is 0. The van der Waals surface area contributed by atoms with Gasteiger partial charge in [-0.3, -0.25) is 4.79 Å². The fraction of sp³-hybridized carbons (Fsp3) is 0.933. The maximum atomic E-state index is 12.0. The van der Waals surface area contributed by atoms with Crippen molar-refractivity contribution in [1.29, 1.82) is 0 Å². The second-order valence-electron chi connectivity index (χ2n) is 7.23. The molecule has 104 valence electrons. The quantitative estimate of drug-likeness (QED) is 0.811. The molecule has 2 aliphatic rings. The first kappa shape index (κ1) is 13.9. The first-order valence-corrected chi connectivity index (χ1v) is 7.43. The van der Waals surface area contributed by atoms with Crippen LogP contribution in [-0.4, -0.2) is 17.5 Å². The monoisotopic (exact) mass is 252 g/mol. The van der Waals surface area contributed by atoms with Crippen molar-refractivity contribution >= 4 is 5.91 Å². The summed E-state index contributed by atoms with van der Waals surface area (Å²) in [5.74, 6) is 0.191. The molecule has 2 aliphatic carbocycles. The zero-order valence-corrected chi connectivity index (χ0v) is 12.1. The van der Waals surface area contributed by atoms with Crippen LogP contribution in [0.1, 0.15) is 65.7 Å². The highest BCUT2D eigenvalue weighted by Gasteiger charge is 2.48. The number of amides is 1. The largest absolute Gasteiger partial charge is 0.368 e. The predicted octanol–water partition coefficient (Wildman–Crippen LogP) is 2.59. The molecule has 3 nitrogen and oxygen atoms in total. The van der Waals surface area contributed by atoms with Gasteiger partial charge < -0.3 is 11.1 Å². The number of hydrogen-bond acceptors (Lipinski definition) is 2. The Balaban J connectivity index is 2.14. The van der Waals surface area contributed by atoms with E-state index in [4.69, 9.17) is 5.73 Å². The average Bonchev–Trinajstić information content (AvgIpc) is 2.74. The smallest absolute Gasteiger partial charge is 0.238 e. The summed E-state index contributed by atoms with van der Waals surface area (Å²) in [6, 6.07) is 0.501. The fourth-order valence-electron chi connectivity index (χ4n) is 3.97. The highest BCUT2D eigenvalue weighted by Crippen LogP contribution is 2.44. The molecule has 0 spiro atoms. The Labute approximate surface area is 111 Å². The van der Waals surface area contributed by atoms with Crippen molar-refractivity contribution in [2.45, 2.75) is 77.3 Å². The summed E-state index contributed by atoms with van der Waals surface area (Å²) in [6.45, 7) is 6.78. The third-order valence-electron chi connectivity index (χ3n) is 5.15. The summed E-state index contributed by atoms with van der Waals surface area (Å²) in [5.41, 5.74) is 5.65. The van der Waals surface area contributed by atoms with Crippen LogP contribution in [0.4, 0.5) is 0 Å². The van der Waals surface area contributed by atoms with Crippen LogP contribution >= 0.6 is 0 Å². The third-order valence-corrected chi connectivity index (χ3v) is 5.15. The van der Waals surface area contributed by atoms with Gasteiger partial charge in [0.1, 0.15) is 5.54 Å². The molecule has 0 aromatic heterocycles. The number of nitrogens with one attached hydrogen (secondary N) is 1. The molecule has 2 unspecified atom stereocenters. The standard InChI is InChI=1S/C15H28N2O/c1-11-10-14(2,3)8-9-15(11,13(16)18)17-12-6-4-5-7-12/h11-12,17H,4-10H2,1-3H3,(H2,16,18). The predicted molar refractivity (Wildman–Crippen MR) is 74.1 cm³/mol. The second-order valence-corrected chi connectivity index (χ2v) is 7.23. The molecule has 2 atom stereocenters.